The fourth-order valence-electron chi connectivity index (χ4n) is 3.96. The number of nitrogens with zero attached hydrogens (tertiary/aromatic N) is 4. The number of aliphatic imine (C=N–C) groups is 1. The smallest absolute Gasteiger partial charge is 0.289 e. The molecule has 9 heteroatoms. The van der Waals surface area contributed by atoms with Crippen molar-refractivity contribution in [3.63, 3.8) is 0 Å². The first kappa shape index (κ1) is 23.4. The van der Waals surface area contributed by atoms with Gasteiger partial charge in [0.05, 0.1) is 19.5 Å². The summed E-state index contributed by atoms with van der Waals surface area (Å²) in [6.45, 7) is 6.82. The number of ether oxygens (including phenoxy) is 1. The van der Waals surface area contributed by atoms with Gasteiger partial charge in [-0.25, -0.2) is 0 Å². The van der Waals surface area contributed by atoms with Crippen LogP contribution in [0.4, 0.5) is 5.69 Å². The number of guanidine groups is 1. The van der Waals surface area contributed by atoms with Crippen LogP contribution in [0.5, 0.6) is 0 Å². The quantitative estimate of drug-likeness (QED) is 0.365. The number of furan rings is 1. The molecule has 1 amide bonds. The number of rotatable bonds is 4. The van der Waals surface area contributed by atoms with E-state index in [-0.39, 0.29) is 29.9 Å². The number of halogens is 1. The summed E-state index contributed by atoms with van der Waals surface area (Å²) in [7, 11) is 1.80. The van der Waals surface area contributed by atoms with Gasteiger partial charge in [-0.1, -0.05) is 18.2 Å². The maximum Gasteiger partial charge on any atom is 0.289 e. The number of benzene rings is 1. The minimum atomic E-state index is -0.0537. The molecule has 168 valence electrons. The molecule has 8 nitrogen and oxygen atoms in total. The number of carbonyl (C=O) groups excluding carboxylic acids is 1. The first-order valence-corrected chi connectivity index (χ1v) is 10.5. The van der Waals surface area contributed by atoms with E-state index in [9.17, 15) is 4.79 Å². The van der Waals surface area contributed by atoms with Gasteiger partial charge < -0.3 is 29.2 Å². The van der Waals surface area contributed by atoms with E-state index in [0.717, 1.165) is 45.4 Å². The molecular formula is C22H30IN5O3. The number of hydrogen-bond acceptors (Lipinski definition) is 5. The number of anilines is 1. The van der Waals surface area contributed by atoms with Crippen molar-refractivity contribution in [3.8, 4) is 0 Å². The van der Waals surface area contributed by atoms with Crippen molar-refractivity contribution in [2.75, 3.05) is 64.4 Å². The third-order valence-electron chi connectivity index (χ3n) is 5.59. The Morgan fingerprint density at radius 1 is 1.00 bits per heavy atom. The summed E-state index contributed by atoms with van der Waals surface area (Å²) in [4.78, 5) is 23.3. The lowest BCUT2D eigenvalue weighted by molar-refractivity contribution is 0.0657. The first-order valence-electron chi connectivity index (χ1n) is 10.5. The largest absolute Gasteiger partial charge is 0.459 e. The van der Waals surface area contributed by atoms with Gasteiger partial charge in [-0.3, -0.25) is 9.79 Å². The Labute approximate surface area is 200 Å². The summed E-state index contributed by atoms with van der Waals surface area (Å²) in [5.41, 5.74) is 2.49. The molecule has 0 saturated carbocycles. The molecule has 0 bridgehead atoms. The van der Waals surface area contributed by atoms with Crippen LogP contribution in [0.3, 0.4) is 0 Å². The van der Waals surface area contributed by atoms with Gasteiger partial charge in [0.15, 0.2) is 11.7 Å². The third-order valence-corrected chi connectivity index (χ3v) is 5.59. The lowest BCUT2D eigenvalue weighted by Crippen LogP contribution is -2.53. The van der Waals surface area contributed by atoms with E-state index < -0.39 is 0 Å². The van der Waals surface area contributed by atoms with Gasteiger partial charge in [0.1, 0.15) is 0 Å². The highest BCUT2D eigenvalue weighted by Crippen LogP contribution is 2.21. The van der Waals surface area contributed by atoms with Gasteiger partial charge in [-0.15, -0.1) is 24.0 Å². The molecule has 1 N–H and O–H groups in total. The van der Waals surface area contributed by atoms with E-state index in [1.165, 1.54) is 17.5 Å². The summed E-state index contributed by atoms with van der Waals surface area (Å²) >= 11 is 0. The monoisotopic (exact) mass is 539 g/mol. The van der Waals surface area contributed by atoms with Crippen molar-refractivity contribution in [2.45, 2.75) is 6.54 Å². The Kier molecular flexibility index (Phi) is 8.59. The van der Waals surface area contributed by atoms with Crippen molar-refractivity contribution in [2.24, 2.45) is 4.99 Å². The highest BCUT2D eigenvalue weighted by Gasteiger charge is 2.25. The van der Waals surface area contributed by atoms with Gasteiger partial charge in [-0.2, -0.15) is 0 Å². The number of piperazine rings is 1. The lowest BCUT2D eigenvalue weighted by Gasteiger charge is -2.36. The molecule has 0 atom stereocenters. The second kappa shape index (κ2) is 11.4. The van der Waals surface area contributed by atoms with Crippen LogP contribution in [-0.4, -0.2) is 81.2 Å². The number of carbonyl (C=O) groups is 1. The minimum absolute atomic E-state index is 0. The Morgan fingerprint density at radius 3 is 2.39 bits per heavy atom. The van der Waals surface area contributed by atoms with Crippen LogP contribution in [0.15, 0.2) is 52.1 Å². The number of morpholine rings is 1. The van der Waals surface area contributed by atoms with E-state index in [0.29, 0.717) is 25.4 Å². The zero-order valence-corrected chi connectivity index (χ0v) is 20.2. The molecule has 2 aliphatic rings. The maximum absolute atomic E-state index is 12.5. The van der Waals surface area contributed by atoms with Crippen molar-refractivity contribution in [1.29, 1.82) is 0 Å². The molecule has 2 aliphatic heterocycles. The van der Waals surface area contributed by atoms with E-state index in [1.807, 2.05) is 4.90 Å². The number of hydrogen-bond donors (Lipinski definition) is 1. The molecular weight excluding hydrogens is 509 g/mol. The third kappa shape index (κ3) is 5.70. The van der Waals surface area contributed by atoms with E-state index in [4.69, 9.17) is 9.15 Å². The van der Waals surface area contributed by atoms with Crippen molar-refractivity contribution >= 4 is 41.5 Å². The standard InChI is InChI=1S/C22H29N5O3.HI/c1-23-22(27-10-8-26(9-11-27)21(28)20-7-4-14-30-20)24-17-18-5-2-3-6-19(18)25-12-15-29-16-13-25;/h2-7,14H,8-13,15-17H2,1H3,(H,23,24);1H. The summed E-state index contributed by atoms with van der Waals surface area (Å²) in [6, 6.07) is 11.9. The van der Waals surface area contributed by atoms with Crippen LogP contribution in [-0.2, 0) is 11.3 Å². The molecule has 1 aromatic carbocycles. The normalized spacial score (nSPS) is 17.3. The van der Waals surface area contributed by atoms with E-state index >= 15 is 0 Å². The lowest BCUT2D eigenvalue weighted by atomic mass is 10.1. The van der Waals surface area contributed by atoms with Crippen molar-refractivity contribution in [3.05, 3.63) is 54.0 Å². The SMILES string of the molecule is CN=C(NCc1ccccc1N1CCOCC1)N1CCN(C(=O)c2ccco2)CC1.I. The molecule has 2 aromatic rings. The van der Waals surface area contributed by atoms with Crippen LogP contribution in [0.25, 0.3) is 0 Å². The Morgan fingerprint density at radius 2 is 1.71 bits per heavy atom. The molecule has 0 spiro atoms. The Bertz CT molecular complexity index is 860. The average Bonchev–Trinajstić information content (AvgIpc) is 3.35. The van der Waals surface area contributed by atoms with Crippen LogP contribution in [0.1, 0.15) is 16.1 Å². The predicted octanol–water partition coefficient (Wildman–Crippen LogP) is 2.27. The van der Waals surface area contributed by atoms with Gasteiger partial charge in [-0.05, 0) is 23.8 Å². The molecule has 0 radical (unpaired) electrons. The number of amides is 1. The molecule has 2 saturated heterocycles. The zero-order chi connectivity index (χ0) is 20.8. The summed E-state index contributed by atoms with van der Waals surface area (Å²) in [5.74, 6) is 1.20. The van der Waals surface area contributed by atoms with Crippen LogP contribution in [0, 0.1) is 0 Å². The zero-order valence-electron chi connectivity index (χ0n) is 17.8. The molecule has 4 rings (SSSR count). The minimum Gasteiger partial charge on any atom is -0.459 e. The van der Waals surface area contributed by atoms with Crippen molar-refractivity contribution in [1.82, 2.24) is 15.1 Å². The predicted molar refractivity (Wildman–Crippen MR) is 131 cm³/mol. The Balaban J connectivity index is 0.00000272. The number of para-hydroxylation sites is 1. The molecule has 1 aromatic heterocycles. The number of nitrogens with one attached hydrogen (secondary N) is 1. The molecule has 31 heavy (non-hydrogen) atoms. The highest BCUT2D eigenvalue weighted by molar-refractivity contribution is 14.0. The Hall–Kier alpha value is -2.27. The topological polar surface area (TPSA) is 73.6 Å². The fraction of sp³-hybridized carbons (Fsp3) is 0.455. The van der Waals surface area contributed by atoms with Crippen molar-refractivity contribution < 1.29 is 13.9 Å². The first-order chi connectivity index (χ1) is 14.8. The average molecular weight is 539 g/mol. The van der Waals surface area contributed by atoms with Gasteiger partial charge in [0, 0.05) is 58.5 Å². The van der Waals surface area contributed by atoms with Crippen LogP contribution >= 0.6 is 24.0 Å². The van der Waals surface area contributed by atoms with Crippen LogP contribution < -0.4 is 10.2 Å². The van der Waals surface area contributed by atoms with E-state index in [1.54, 1.807) is 19.2 Å². The highest BCUT2D eigenvalue weighted by atomic mass is 127. The molecule has 3 heterocycles. The molecule has 0 unspecified atom stereocenters. The summed E-state index contributed by atoms with van der Waals surface area (Å²) < 4.78 is 10.7. The van der Waals surface area contributed by atoms with Crippen LogP contribution in [0.2, 0.25) is 0 Å². The van der Waals surface area contributed by atoms with Gasteiger partial charge in [0.2, 0.25) is 0 Å². The second-order valence-corrected chi connectivity index (χ2v) is 7.39. The van der Waals surface area contributed by atoms with Gasteiger partial charge >= 0.3 is 0 Å². The maximum atomic E-state index is 12.5. The van der Waals surface area contributed by atoms with E-state index in [2.05, 4.69) is 44.4 Å². The summed E-state index contributed by atoms with van der Waals surface area (Å²) in [6.07, 6.45) is 1.53. The van der Waals surface area contributed by atoms with Gasteiger partial charge in [0.25, 0.3) is 5.91 Å². The second-order valence-electron chi connectivity index (χ2n) is 7.39. The fourth-order valence-corrected chi connectivity index (χ4v) is 3.96. The summed E-state index contributed by atoms with van der Waals surface area (Å²) in [5, 5.41) is 3.50. The molecule has 2 fully saturated rings. The molecule has 0 aliphatic carbocycles.